The van der Waals surface area contributed by atoms with E-state index in [9.17, 15) is 4.79 Å². The number of aryl methyl sites for hydroxylation is 1. The van der Waals surface area contributed by atoms with E-state index in [0.29, 0.717) is 5.56 Å². The van der Waals surface area contributed by atoms with Gasteiger partial charge in [0.2, 0.25) is 0 Å². The first-order chi connectivity index (χ1) is 10.0. The van der Waals surface area contributed by atoms with E-state index in [0.717, 1.165) is 23.5 Å². The number of hydrogen-bond acceptors (Lipinski definition) is 3. The molecule has 0 saturated heterocycles. The second kappa shape index (κ2) is 6.54. The van der Waals surface area contributed by atoms with Gasteiger partial charge in [-0.2, -0.15) is 5.10 Å². The Bertz CT molecular complexity index is 631. The Morgan fingerprint density at radius 3 is 2.81 bits per heavy atom. The molecule has 0 saturated carbocycles. The first-order valence-corrected chi connectivity index (χ1v) is 7.09. The molecule has 0 fully saturated rings. The summed E-state index contributed by atoms with van der Waals surface area (Å²) in [6.45, 7) is 4.84. The van der Waals surface area contributed by atoms with Gasteiger partial charge in [-0.3, -0.25) is 9.48 Å². The Hall–Kier alpha value is -2.14. The molecule has 0 bridgehead atoms. The van der Waals surface area contributed by atoms with Gasteiger partial charge in [0.25, 0.3) is 5.91 Å². The largest absolute Gasteiger partial charge is 0.322 e. The van der Waals surface area contributed by atoms with Crippen LogP contribution in [-0.2, 0) is 13.6 Å². The van der Waals surface area contributed by atoms with Crippen LogP contribution in [0.3, 0.4) is 0 Å². The van der Waals surface area contributed by atoms with Crippen LogP contribution in [-0.4, -0.2) is 22.7 Å². The SMILES string of the molecule is CNCc1cccc(NC(=O)c2cn(C)nc2C(C)C)c1. The van der Waals surface area contributed by atoms with Crippen LogP contribution < -0.4 is 10.6 Å². The second-order valence-electron chi connectivity index (χ2n) is 5.44. The van der Waals surface area contributed by atoms with Crippen molar-refractivity contribution in [1.82, 2.24) is 15.1 Å². The fourth-order valence-electron chi connectivity index (χ4n) is 2.27. The molecule has 5 nitrogen and oxygen atoms in total. The molecule has 21 heavy (non-hydrogen) atoms. The molecular weight excluding hydrogens is 264 g/mol. The zero-order valence-corrected chi connectivity index (χ0v) is 13.0. The molecule has 1 aromatic carbocycles. The molecule has 0 aliphatic rings. The normalized spacial score (nSPS) is 10.9. The van der Waals surface area contributed by atoms with Gasteiger partial charge in [0.15, 0.2) is 0 Å². The van der Waals surface area contributed by atoms with Gasteiger partial charge in [-0.25, -0.2) is 0 Å². The van der Waals surface area contributed by atoms with Crippen molar-refractivity contribution in [3.8, 4) is 0 Å². The van der Waals surface area contributed by atoms with Crippen molar-refractivity contribution in [2.24, 2.45) is 7.05 Å². The van der Waals surface area contributed by atoms with Crippen molar-refractivity contribution >= 4 is 11.6 Å². The van der Waals surface area contributed by atoms with Crippen molar-refractivity contribution in [3.63, 3.8) is 0 Å². The molecule has 2 N–H and O–H groups in total. The molecule has 0 spiro atoms. The van der Waals surface area contributed by atoms with Crippen LogP contribution >= 0.6 is 0 Å². The summed E-state index contributed by atoms with van der Waals surface area (Å²) >= 11 is 0. The maximum Gasteiger partial charge on any atom is 0.259 e. The first-order valence-electron chi connectivity index (χ1n) is 7.09. The van der Waals surface area contributed by atoms with Gasteiger partial charge in [-0.1, -0.05) is 26.0 Å². The minimum Gasteiger partial charge on any atom is -0.322 e. The Labute approximate surface area is 125 Å². The monoisotopic (exact) mass is 286 g/mol. The molecule has 1 aromatic heterocycles. The average Bonchev–Trinajstić information content (AvgIpc) is 2.82. The number of carbonyl (C=O) groups excluding carboxylic acids is 1. The highest BCUT2D eigenvalue weighted by Crippen LogP contribution is 2.19. The molecule has 0 radical (unpaired) electrons. The number of amides is 1. The Kier molecular flexibility index (Phi) is 4.75. The lowest BCUT2D eigenvalue weighted by Crippen LogP contribution is -2.14. The minimum absolute atomic E-state index is 0.117. The number of carbonyl (C=O) groups is 1. The molecule has 2 rings (SSSR count). The van der Waals surface area contributed by atoms with Crippen LogP contribution in [0, 0.1) is 0 Å². The van der Waals surface area contributed by atoms with Gasteiger partial charge in [-0.05, 0) is 30.7 Å². The van der Waals surface area contributed by atoms with Crippen LogP contribution in [0.4, 0.5) is 5.69 Å². The molecule has 1 heterocycles. The van der Waals surface area contributed by atoms with Crippen molar-refractivity contribution in [2.45, 2.75) is 26.3 Å². The number of benzene rings is 1. The zero-order valence-electron chi connectivity index (χ0n) is 13.0. The van der Waals surface area contributed by atoms with Gasteiger partial charge < -0.3 is 10.6 Å². The highest BCUT2D eigenvalue weighted by molar-refractivity contribution is 6.05. The van der Waals surface area contributed by atoms with E-state index in [-0.39, 0.29) is 11.8 Å². The third kappa shape index (κ3) is 3.70. The summed E-state index contributed by atoms with van der Waals surface area (Å²) in [4.78, 5) is 12.4. The molecule has 5 heteroatoms. The molecule has 112 valence electrons. The molecule has 1 amide bonds. The van der Waals surface area contributed by atoms with E-state index in [1.807, 2.05) is 52.2 Å². The lowest BCUT2D eigenvalue weighted by atomic mass is 10.1. The Balaban J connectivity index is 2.20. The maximum atomic E-state index is 12.4. The van der Waals surface area contributed by atoms with E-state index in [4.69, 9.17) is 0 Å². The lowest BCUT2D eigenvalue weighted by Gasteiger charge is -2.08. The molecule has 0 aliphatic carbocycles. The lowest BCUT2D eigenvalue weighted by molar-refractivity contribution is 0.102. The summed E-state index contributed by atoms with van der Waals surface area (Å²) in [5, 5.41) is 10.4. The van der Waals surface area contributed by atoms with Crippen molar-refractivity contribution in [3.05, 3.63) is 47.3 Å². The molecule has 2 aromatic rings. The Morgan fingerprint density at radius 2 is 2.14 bits per heavy atom. The summed E-state index contributed by atoms with van der Waals surface area (Å²) in [6, 6.07) is 7.83. The number of aromatic nitrogens is 2. The summed E-state index contributed by atoms with van der Waals surface area (Å²) < 4.78 is 1.68. The standard InChI is InChI=1S/C16H22N4O/c1-11(2)15-14(10-20(4)19-15)16(21)18-13-7-5-6-12(8-13)9-17-3/h5-8,10-11,17H,9H2,1-4H3,(H,18,21). The van der Waals surface area contributed by atoms with Gasteiger partial charge in [-0.15, -0.1) is 0 Å². The summed E-state index contributed by atoms with van der Waals surface area (Å²) in [5.41, 5.74) is 3.38. The molecule has 0 aliphatic heterocycles. The van der Waals surface area contributed by atoms with Crippen LogP contribution in [0.2, 0.25) is 0 Å². The van der Waals surface area contributed by atoms with E-state index in [2.05, 4.69) is 15.7 Å². The molecule has 0 atom stereocenters. The van der Waals surface area contributed by atoms with Crippen molar-refractivity contribution in [2.75, 3.05) is 12.4 Å². The van der Waals surface area contributed by atoms with Crippen molar-refractivity contribution < 1.29 is 4.79 Å². The Morgan fingerprint density at radius 1 is 1.38 bits per heavy atom. The number of nitrogens with zero attached hydrogens (tertiary/aromatic N) is 2. The summed E-state index contributed by atoms with van der Waals surface area (Å²) in [7, 11) is 3.73. The molecule has 0 unspecified atom stereocenters. The average molecular weight is 286 g/mol. The van der Waals surface area contributed by atoms with E-state index in [1.54, 1.807) is 10.9 Å². The van der Waals surface area contributed by atoms with Crippen LogP contribution in [0.15, 0.2) is 30.5 Å². The zero-order chi connectivity index (χ0) is 15.4. The quantitative estimate of drug-likeness (QED) is 0.888. The third-order valence-electron chi connectivity index (χ3n) is 3.21. The second-order valence-corrected chi connectivity index (χ2v) is 5.44. The molecular formula is C16H22N4O. The topological polar surface area (TPSA) is 58.9 Å². The van der Waals surface area contributed by atoms with Crippen LogP contribution in [0.25, 0.3) is 0 Å². The fraction of sp³-hybridized carbons (Fsp3) is 0.375. The van der Waals surface area contributed by atoms with Crippen molar-refractivity contribution in [1.29, 1.82) is 0 Å². The number of anilines is 1. The first kappa shape index (κ1) is 15.3. The van der Waals surface area contributed by atoms with Gasteiger partial charge >= 0.3 is 0 Å². The predicted octanol–water partition coefficient (Wildman–Crippen LogP) is 2.52. The van der Waals surface area contributed by atoms with Gasteiger partial charge in [0, 0.05) is 25.5 Å². The van der Waals surface area contributed by atoms with Gasteiger partial charge in [0.05, 0.1) is 11.3 Å². The summed E-state index contributed by atoms with van der Waals surface area (Å²) in [5.74, 6) is 0.0935. The van der Waals surface area contributed by atoms with Crippen LogP contribution in [0.1, 0.15) is 41.4 Å². The summed E-state index contributed by atoms with van der Waals surface area (Å²) in [6.07, 6.45) is 1.77. The van der Waals surface area contributed by atoms with E-state index in [1.165, 1.54) is 0 Å². The fourth-order valence-corrected chi connectivity index (χ4v) is 2.27. The van der Waals surface area contributed by atoms with Crippen LogP contribution in [0.5, 0.6) is 0 Å². The minimum atomic E-state index is -0.117. The van der Waals surface area contributed by atoms with E-state index < -0.39 is 0 Å². The number of nitrogens with one attached hydrogen (secondary N) is 2. The maximum absolute atomic E-state index is 12.4. The number of rotatable bonds is 5. The number of hydrogen-bond donors (Lipinski definition) is 2. The highest BCUT2D eigenvalue weighted by Gasteiger charge is 2.18. The smallest absolute Gasteiger partial charge is 0.259 e. The predicted molar refractivity (Wildman–Crippen MR) is 84.5 cm³/mol. The van der Waals surface area contributed by atoms with E-state index >= 15 is 0 Å². The highest BCUT2D eigenvalue weighted by atomic mass is 16.1. The van der Waals surface area contributed by atoms with Gasteiger partial charge in [0.1, 0.15) is 0 Å². The third-order valence-corrected chi connectivity index (χ3v) is 3.21.